The second kappa shape index (κ2) is 11.3. The van der Waals surface area contributed by atoms with Crippen LogP contribution in [0.25, 0.3) is 11.3 Å². The topological polar surface area (TPSA) is 189 Å². The van der Waals surface area contributed by atoms with E-state index in [1.54, 1.807) is 0 Å². The zero-order valence-electron chi connectivity index (χ0n) is 21.0. The highest BCUT2D eigenvalue weighted by atomic mass is 19.1. The van der Waals surface area contributed by atoms with E-state index in [0.717, 1.165) is 37.4 Å². The Morgan fingerprint density at radius 2 is 1.65 bits per heavy atom. The fourth-order valence-electron chi connectivity index (χ4n) is 4.36. The van der Waals surface area contributed by atoms with Crippen molar-refractivity contribution in [3.63, 3.8) is 0 Å². The number of phenolic OH excluding ortho intramolecular Hbond substituents is 1. The van der Waals surface area contributed by atoms with Gasteiger partial charge in [0.15, 0.2) is 0 Å². The summed E-state index contributed by atoms with van der Waals surface area (Å²) in [4.78, 5) is 0. The molecule has 10 heteroatoms. The number of hydrogen-bond acceptors (Lipinski definition) is 9. The molecule has 0 amide bonds. The molecule has 2 rings (SSSR count). The molecule has 0 atom stereocenters. The van der Waals surface area contributed by atoms with Crippen molar-refractivity contribution in [3.8, 4) is 5.75 Å². The molecule has 0 radical (unpaired) electrons. The first kappa shape index (κ1) is 28.8. The second-order valence-corrected chi connectivity index (χ2v) is 9.42. The molecule has 190 valence electrons. The van der Waals surface area contributed by atoms with Crippen molar-refractivity contribution in [3.05, 3.63) is 52.9 Å². The van der Waals surface area contributed by atoms with E-state index in [2.05, 4.69) is 33.0 Å². The highest BCUT2D eigenvalue weighted by molar-refractivity contribution is 6.08. The van der Waals surface area contributed by atoms with Gasteiger partial charge >= 0.3 is 0 Å². The van der Waals surface area contributed by atoms with Crippen molar-refractivity contribution in [1.29, 1.82) is 5.41 Å². The van der Waals surface area contributed by atoms with Crippen LogP contribution in [0.3, 0.4) is 0 Å². The molecule has 1 fully saturated rings. The zero-order chi connectivity index (χ0) is 26.4. The van der Waals surface area contributed by atoms with Gasteiger partial charge in [-0.25, -0.2) is 10.2 Å². The van der Waals surface area contributed by atoms with Gasteiger partial charge in [0.2, 0.25) is 0 Å². The Morgan fingerprint density at radius 1 is 1.12 bits per heavy atom. The van der Waals surface area contributed by atoms with E-state index in [1.165, 1.54) is 11.1 Å². The molecule has 1 saturated heterocycles. The van der Waals surface area contributed by atoms with Gasteiger partial charge in [-0.05, 0) is 58.7 Å². The van der Waals surface area contributed by atoms with Crippen molar-refractivity contribution in [1.82, 2.24) is 10.3 Å². The number of aromatic hydroxyl groups is 1. The summed E-state index contributed by atoms with van der Waals surface area (Å²) in [5.41, 5.74) is 23.7. The average Bonchev–Trinajstić information content (AvgIpc) is 2.74. The highest BCUT2D eigenvalue weighted by Crippen LogP contribution is 2.32. The smallest absolute Gasteiger partial charge is 0.137 e. The van der Waals surface area contributed by atoms with Gasteiger partial charge in [0.1, 0.15) is 17.4 Å². The minimum absolute atomic E-state index is 0.000835. The molecule has 0 spiro atoms. The molecule has 34 heavy (non-hydrogen) atoms. The number of hydrazine groups is 1. The maximum Gasteiger partial charge on any atom is 0.137 e. The standard InChI is InChI=1S/C22H35FN8O.C2H6/c1-21(2)8-13(9-22(3,4)30-21)31(29)20(28)18(27)7-17(26)15-5-16(23)14(6-19(15)32)12(10-24)11-25;1-2/h5-7,10-11,13,24,30,32H,8-9,25-29H2,1-4H3;1-2H3/b12-11+,17-7-,20-18-,24-10?;. The van der Waals surface area contributed by atoms with Gasteiger partial charge in [-0.3, -0.25) is 5.01 Å². The summed E-state index contributed by atoms with van der Waals surface area (Å²) < 4.78 is 14.5. The van der Waals surface area contributed by atoms with E-state index in [-0.39, 0.29) is 56.8 Å². The lowest BCUT2D eigenvalue weighted by atomic mass is 9.79. The van der Waals surface area contributed by atoms with Crippen LogP contribution in [-0.4, -0.2) is 33.4 Å². The van der Waals surface area contributed by atoms with Gasteiger partial charge in [-0.2, -0.15) is 0 Å². The minimum Gasteiger partial charge on any atom is -0.507 e. The van der Waals surface area contributed by atoms with Crippen LogP contribution in [-0.2, 0) is 0 Å². The number of halogens is 1. The molecule has 0 unspecified atom stereocenters. The predicted molar refractivity (Wildman–Crippen MR) is 138 cm³/mol. The molecule has 0 saturated carbocycles. The van der Waals surface area contributed by atoms with E-state index in [0.29, 0.717) is 0 Å². The van der Waals surface area contributed by atoms with Gasteiger partial charge in [0.25, 0.3) is 0 Å². The first-order valence-electron chi connectivity index (χ1n) is 11.2. The normalized spacial score (nSPS) is 18.9. The maximum atomic E-state index is 14.5. The lowest BCUT2D eigenvalue weighted by Crippen LogP contribution is -2.63. The number of piperidine rings is 1. The minimum atomic E-state index is -0.704. The fourth-order valence-corrected chi connectivity index (χ4v) is 4.36. The molecule has 0 aromatic heterocycles. The number of hydrogen-bond donors (Lipinski definition) is 8. The van der Waals surface area contributed by atoms with Crippen LogP contribution in [0.15, 0.2) is 35.9 Å². The number of nitrogens with one attached hydrogen (secondary N) is 2. The van der Waals surface area contributed by atoms with E-state index in [1.807, 2.05) is 13.8 Å². The summed E-state index contributed by atoms with van der Waals surface area (Å²) >= 11 is 0. The Hall–Kier alpha value is -3.24. The average molecular weight is 477 g/mol. The first-order chi connectivity index (χ1) is 15.7. The quantitative estimate of drug-likeness (QED) is 0.133. The van der Waals surface area contributed by atoms with Crippen LogP contribution in [0, 0.1) is 11.2 Å². The SMILES string of the molecule is CC.CC1(C)CC(N(N)/C(N)=C(N)/C=C(\N)c2cc(F)c(/C(C=N)=C/N)cc2O)CC(C)(C)N1. The summed E-state index contributed by atoms with van der Waals surface area (Å²) in [5, 5.41) is 22.7. The zero-order valence-corrected chi connectivity index (χ0v) is 21.0. The van der Waals surface area contributed by atoms with Crippen LogP contribution >= 0.6 is 0 Å². The maximum absolute atomic E-state index is 14.5. The number of nitrogens with two attached hydrogens (primary N) is 5. The number of benzene rings is 1. The number of allylic oxidation sites excluding steroid dienone is 2. The van der Waals surface area contributed by atoms with Crippen LogP contribution in [0.4, 0.5) is 4.39 Å². The molecule has 13 N–H and O–H groups in total. The van der Waals surface area contributed by atoms with Gasteiger partial charge in [0.05, 0.1) is 11.7 Å². The van der Waals surface area contributed by atoms with Crippen LogP contribution in [0.2, 0.25) is 0 Å². The van der Waals surface area contributed by atoms with E-state index < -0.39 is 5.82 Å². The Kier molecular flexibility index (Phi) is 9.53. The second-order valence-electron chi connectivity index (χ2n) is 9.42. The molecule has 9 nitrogen and oxygen atoms in total. The molecule has 0 aliphatic carbocycles. The Balaban J connectivity index is 0.00000281. The van der Waals surface area contributed by atoms with Crippen LogP contribution < -0.4 is 34.1 Å². The van der Waals surface area contributed by atoms with Crippen molar-refractivity contribution in [2.24, 2.45) is 28.8 Å². The predicted octanol–water partition coefficient (Wildman–Crippen LogP) is 2.38. The summed E-state index contributed by atoms with van der Waals surface area (Å²) in [6.45, 7) is 12.4. The molecule has 0 bridgehead atoms. The number of rotatable bonds is 6. The Morgan fingerprint density at radius 3 is 2.12 bits per heavy atom. The van der Waals surface area contributed by atoms with Gasteiger partial charge in [-0.15, -0.1) is 0 Å². The monoisotopic (exact) mass is 476 g/mol. The molecule has 1 aliphatic rings. The third-order valence-corrected chi connectivity index (χ3v) is 5.49. The summed E-state index contributed by atoms with van der Waals surface area (Å²) in [6.07, 6.45) is 4.79. The van der Waals surface area contributed by atoms with Crippen molar-refractivity contribution >= 4 is 17.5 Å². The van der Waals surface area contributed by atoms with E-state index in [4.69, 9.17) is 34.2 Å². The van der Waals surface area contributed by atoms with Crippen LogP contribution in [0.1, 0.15) is 65.5 Å². The summed E-state index contributed by atoms with van der Waals surface area (Å²) in [6, 6.07) is 2.12. The van der Waals surface area contributed by atoms with Gasteiger partial charge < -0.3 is 38.8 Å². The lowest BCUT2D eigenvalue weighted by molar-refractivity contribution is 0.0845. The highest BCUT2D eigenvalue weighted by Gasteiger charge is 2.40. The Labute approximate surface area is 202 Å². The largest absolute Gasteiger partial charge is 0.507 e. The van der Waals surface area contributed by atoms with Crippen LogP contribution in [0.5, 0.6) is 5.75 Å². The lowest BCUT2D eigenvalue weighted by Gasteiger charge is -2.49. The third-order valence-electron chi connectivity index (χ3n) is 5.49. The number of nitrogens with zero attached hydrogens (tertiary/aromatic N) is 1. The van der Waals surface area contributed by atoms with Gasteiger partial charge in [0, 0.05) is 45.9 Å². The fraction of sp³-hybridized carbons (Fsp3) is 0.458. The van der Waals surface area contributed by atoms with Crippen molar-refractivity contribution in [2.45, 2.75) is 71.5 Å². The molecule has 1 aliphatic heterocycles. The first-order valence-corrected chi connectivity index (χ1v) is 11.2. The Bertz CT molecular complexity index is 965. The van der Waals surface area contributed by atoms with E-state index >= 15 is 0 Å². The molecule has 1 heterocycles. The number of phenols is 1. The van der Waals surface area contributed by atoms with E-state index in [9.17, 15) is 9.50 Å². The van der Waals surface area contributed by atoms with Gasteiger partial charge in [-0.1, -0.05) is 13.8 Å². The van der Waals surface area contributed by atoms with Crippen molar-refractivity contribution in [2.75, 3.05) is 0 Å². The summed E-state index contributed by atoms with van der Waals surface area (Å²) in [5.74, 6) is 5.44. The van der Waals surface area contributed by atoms with Crippen molar-refractivity contribution < 1.29 is 9.50 Å². The molecular formula is C24H41FN8O. The third kappa shape index (κ3) is 6.88. The molecule has 1 aromatic rings. The summed E-state index contributed by atoms with van der Waals surface area (Å²) in [7, 11) is 0. The molecular weight excluding hydrogens is 435 g/mol. The molecule has 1 aromatic carbocycles.